The van der Waals surface area contributed by atoms with Crippen LogP contribution >= 0.6 is 0 Å². The highest BCUT2D eigenvalue weighted by atomic mass is 16.5. The second-order valence-corrected chi connectivity index (χ2v) is 3.83. The van der Waals surface area contributed by atoms with E-state index in [1.54, 1.807) is 0 Å². The van der Waals surface area contributed by atoms with Gasteiger partial charge in [-0.3, -0.25) is 4.79 Å². The number of rotatable bonds is 6. The molecule has 13 heavy (non-hydrogen) atoms. The molecule has 0 bridgehead atoms. The summed E-state index contributed by atoms with van der Waals surface area (Å²) in [5.41, 5.74) is 0. The van der Waals surface area contributed by atoms with Crippen LogP contribution in [-0.4, -0.2) is 38.1 Å². The van der Waals surface area contributed by atoms with Crippen molar-refractivity contribution in [2.24, 2.45) is 5.92 Å². The molecule has 0 saturated carbocycles. The van der Waals surface area contributed by atoms with Gasteiger partial charge in [0.15, 0.2) is 0 Å². The molecule has 0 unspecified atom stereocenters. The number of hydrogen-bond acceptors (Lipinski definition) is 3. The second kappa shape index (κ2) is 6.89. The highest BCUT2D eigenvalue weighted by molar-refractivity contribution is 5.71. The molecular weight excluding hydrogens is 166 g/mol. The van der Waals surface area contributed by atoms with Crippen LogP contribution in [0.25, 0.3) is 0 Å². The van der Waals surface area contributed by atoms with Gasteiger partial charge in [0.05, 0.1) is 12.5 Å². The van der Waals surface area contributed by atoms with Gasteiger partial charge in [-0.15, -0.1) is 0 Å². The van der Waals surface area contributed by atoms with Crippen molar-refractivity contribution in [2.75, 3.05) is 27.2 Å². The van der Waals surface area contributed by atoms with Crippen LogP contribution in [-0.2, 0) is 9.53 Å². The first kappa shape index (κ1) is 12.4. The molecular formula is C10H21NO2. The zero-order chi connectivity index (χ0) is 10.3. The molecule has 0 aliphatic rings. The van der Waals surface area contributed by atoms with Crippen molar-refractivity contribution in [3.05, 3.63) is 0 Å². The normalized spacial score (nSPS) is 10.9. The minimum Gasteiger partial charge on any atom is -0.465 e. The van der Waals surface area contributed by atoms with Gasteiger partial charge in [0.1, 0.15) is 0 Å². The van der Waals surface area contributed by atoms with E-state index in [1.165, 1.54) is 0 Å². The Labute approximate surface area is 81.1 Å². The van der Waals surface area contributed by atoms with Crippen LogP contribution in [0.1, 0.15) is 26.7 Å². The lowest BCUT2D eigenvalue weighted by Crippen LogP contribution is -2.15. The van der Waals surface area contributed by atoms with Crippen LogP contribution in [0.2, 0.25) is 0 Å². The summed E-state index contributed by atoms with van der Waals surface area (Å²) in [5.74, 6) is -0.0984. The molecule has 0 aromatic carbocycles. The second-order valence-electron chi connectivity index (χ2n) is 3.83. The lowest BCUT2D eigenvalue weighted by Gasteiger charge is -2.09. The molecule has 0 atom stereocenters. The van der Waals surface area contributed by atoms with E-state index in [4.69, 9.17) is 4.74 Å². The standard InChI is InChI=1S/C10H21NO2/c1-9(2)10(12)13-8-6-5-7-11(3)4/h9H,5-8H2,1-4H3. The summed E-state index contributed by atoms with van der Waals surface area (Å²) < 4.78 is 5.03. The fourth-order valence-electron chi connectivity index (χ4n) is 0.870. The molecule has 0 N–H and O–H groups in total. The topological polar surface area (TPSA) is 29.5 Å². The van der Waals surface area contributed by atoms with Gasteiger partial charge >= 0.3 is 5.97 Å². The van der Waals surface area contributed by atoms with Crippen molar-refractivity contribution in [2.45, 2.75) is 26.7 Å². The van der Waals surface area contributed by atoms with Gasteiger partial charge in [-0.1, -0.05) is 13.8 Å². The number of ether oxygens (including phenoxy) is 1. The fraction of sp³-hybridized carbons (Fsp3) is 0.900. The molecule has 0 rings (SSSR count). The van der Waals surface area contributed by atoms with Gasteiger partial charge in [0, 0.05) is 0 Å². The Kier molecular flexibility index (Phi) is 6.59. The van der Waals surface area contributed by atoms with Gasteiger partial charge in [0.25, 0.3) is 0 Å². The molecule has 0 aromatic heterocycles. The summed E-state index contributed by atoms with van der Waals surface area (Å²) in [6.07, 6.45) is 2.04. The van der Waals surface area contributed by atoms with Crippen molar-refractivity contribution in [3.8, 4) is 0 Å². The van der Waals surface area contributed by atoms with E-state index in [0.717, 1.165) is 19.4 Å². The predicted octanol–water partition coefficient (Wildman–Crippen LogP) is 1.53. The molecule has 3 nitrogen and oxygen atoms in total. The molecule has 0 aromatic rings. The number of hydrogen-bond donors (Lipinski definition) is 0. The van der Waals surface area contributed by atoms with Crippen LogP contribution in [0.4, 0.5) is 0 Å². The first-order valence-electron chi connectivity index (χ1n) is 4.85. The fourth-order valence-corrected chi connectivity index (χ4v) is 0.870. The summed E-state index contributed by atoms with van der Waals surface area (Å²) in [4.78, 5) is 13.1. The van der Waals surface area contributed by atoms with Gasteiger partial charge in [-0.2, -0.15) is 0 Å². The highest BCUT2D eigenvalue weighted by Crippen LogP contribution is 1.98. The number of esters is 1. The van der Waals surface area contributed by atoms with E-state index >= 15 is 0 Å². The summed E-state index contributed by atoms with van der Waals surface area (Å²) in [6.45, 7) is 5.31. The minimum atomic E-state index is -0.0927. The van der Waals surface area contributed by atoms with Crippen LogP contribution in [0.15, 0.2) is 0 Å². The summed E-state index contributed by atoms with van der Waals surface area (Å²) >= 11 is 0. The van der Waals surface area contributed by atoms with E-state index < -0.39 is 0 Å². The smallest absolute Gasteiger partial charge is 0.308 e. The maximum Gasteiger partial charge on any atom is 0.308 e. The van der Waals surface area contributed by atoms with Crippen LogP contribution < -0.4 is 0 Å². The van der Waals surface area contributed by atoms with Gasteiger partial charge in [-0.25, -0.2) is 0 Å². The van der Waals surface area contributed by atoms with E-state index in [0.29, 0.717) is 6.61 Å². The lowest BCUT2D eigenvalue weighted by atomic mass is 10.2. The lowest BCUT2D eigenvalue weighted by molar-refractivity contribution is -0.147. The molecule has 0 spiro atoms. The average molecular weight is 187 g/mol. The minimum absolute atomic E-state index is 0.00570. The van der Waals surface area contributed by atoms with Gasteiger partial charge in [0.2, 0.25) is 0 Å². The Hall–Kier alpha value is -0.570. The molecule has 0 saturated heterocycles. The van der Waals surface area contributed by atoms with Crippen molar-refractivity contribution >= 4 is 5.97 Å². The molecule has 0 aliphatic carbocycles. The molecule has 78 valence electrons. The molecule has 0 fully saturated rings. The monoisotopic (exact) mass is 187 g/mol. The largest absolute Gasteiger partial charge is 0.465 e. The maximum absolute atomic E-state index is 11.0. The number of carbonyl (C=O) groups excluding carboxylic acids is 1. The Morgan fingerprint density at radius 2 is 1.92 bits per heavy atom. The first-order valence-corrected chi connectivity index (χ1v) is 4.85. The Morgan fingerprint density at radius 1 is 1.31 bits per heavy atom. The van der Waals surface area contributed by atoms with E-state index in [-0.39, 0.29) is 11.9 Å². The van der Waals surface area contributed by atoms with Crippen LogP contribution in [0.5, 0.6) is 0 Å². The third kappa shape index (κ3) is 7.78. The third-order valence-electron chi connectivity index (χ3n) is 1.72. The Morgan fingerprint density at radius 3 is 2.38 bits per heavy atom. The van der Waals surface area contributed by atoms with E-state index in [1.807, 2.05) is 27.9 Å². The Bertz CT molecular complexity index is 144. The summed E-state index contributed by atoms with van der Waals surface area (Å²) in [5, 5.41) is 0. The molecule has 3 heteroatoms. The quantitative estimate of drug-likeness (QED) is 0.466. The Balaban J connectivity index is 3.21. The van der Waals surface area contributed by atoms with Crippen LogP contribution in [0, 0.1) is 5.92 Å². The van der Waals surface area contributed by atoms with Crippen molar-refractivity contribution in [1.29, 1.82) is 0 Å². The number of nitrogens with zero attached hydrogens (tertiary/aromatic N) is 1. The number of carbonyl (C=O) groups is 1. The molecule has 0 aliphatic heterocycles. The van der Waals surface area contributed by atoms with Crippen molar-refractivity contribution < 1.29 is 9.53 Å². The molecule has 0 radical (unpaired) electrons. The van der Waals surface area contributed by atoms with Crippen molar-refractivity contribution in [3.63, 3.8) is 0 Å². The SMILES string of the molecule is CC(C)C(=O)OCCCCN(C)C. The van der Waals surface area contributed by atoms with Gasteiger partial charge < -0.3 is 9.64 Å². The van der Waals surface area contributed by atoms with E-state index in [9.17, 15) is 4.79 Å². The zero-order valence-corrected chi connectivity index (χ0v) is 9.17. The zero-order valence-electron chi connectivity index (χ0n) is 9.17. The molecule has 0 heterocycles. The van der Waals surface area contributed by atoms with Crippen molar-refractivity contribution in [1.82, 2.24) is 4.90 Å². The predicted molar refractivity (Wildman–Crippen MR) is 53.6 cm³/mol. The highest BCUT2D eigenvalue weighted by Gasteiger charge is 2.06. The van der Waals surface area contributed by atoms with Crippen LogP contribution in [0.3, 0.4) is 0 Å². The summed E-state index contributed by atoms with van der Waals surface area (Å²) in [6, 6.07) is 0. The van der Waals surface area contributed by atoms with E-state index in [2.05, 4.69) is 4.90 Å². The number of unbranched alkanes of at least 4 members (excludes halogenated alkanes) is 1. The maximum atomic E-state index is 11.0. The van der Waals surface area contributed by atoms with Gasteiger partial charge in [-0.05, 0) is 33.5 Å². The first-order chi connectivity index (χ1) is 6.04. The average Bonchev–Trinajstić information content (AvgIpc) is 2.02. The third-order valence-corrected chi connectivity index (χ3v) is 1.72. The summed E-state index contributed by atoms with van der Waals surface area (Å²) in [7, 11) is 4.08. The molecule has 0 amide bonds.